The van der Waals surface area contributed by atoms with Crippen LogP contribution in [0.1, 0.15) is 19.3 Å². The third kappa shape index (κ3) is 2.05. The fourth-order valence-corrected chi connectivity index (χ4v) is 2.89. The molecule has 92 valence electrons. The summed E-state index contributed by atoms with van der Waals surface area (Å²) in [6.45, 7) is 0.990. The summed E-state index contributed by atoms with van der Waals surface area (Å²) in [5.74, 6) is -3.24. The summed E-state index contributed by atoms with van der Waals surface area (Å²) >= 11 is 0. The van der Waals surface area contributed by atoms with Crippen LogP contribution >= 0.6 is 0 Å². The molecule has 0 spiro atoms. The maximum absolute atomic E-state index is 13.6. The van der Waals surface area contributed by atoms with Crippen LogP contribution in [0.4, 0.5) is 8.78 Å². The van der Waals surface area contributed by atoms with Gasteiger partial charge in [0.25, 0.3) is 5.92 Å². The molecule has 0 radical (unpaired) electrons. The van der Waals surface area contributed by atoms with Crippen molar-refractivity contribution in [1.82, 2.24) is 10.2 Å². The molecule has 16 heavy (non-hydrogen) atoms. The third-order valence-corrected chi connectivity index (χ3v) is 3.75. The van der Waals surface area contributed by atoms with Crippen LogP contribution < -0.4 is 5.32 Å². The van der Waals surface area contributed by atoms with Gasteiger partial charge in [0.1, 0.15) is 0 Å². The van der Waals surface area contributed by atoms with Crippen LogP contribution in [0, 0.1) is 11.8 Å². The van der Waals surface area contributed by atoms with E-state index in [9.17, 15) is 13.6 Å². The van der Waals surface area contributed by atoms with Crippen LogP contribution in [0.15, 0.2) is 0 Å². The second kappa shape index (κ2) is 4.28. The van der Waals surface area contributed by atoms with Crippen LogP contribution in [0.2, 0.25) is 0 Å². The lowest BCUT2D eigenvalue weighted by atomic mass is 9.79. The van der Waals surface area contributed by atoms with Gasteiger partial charge in [0.05, 0.1) is 6.54 Å². The Bertz CT molecular complexity index is 283. The van der Waals surface area contributed by atoms with E-state index >= 15 is 0 Å². The minimum atomic E-state index is -2.57. The fraction of sp³-hybridized carbons (Fsp3) is 0.909. The van der Waals surface area contributed by atoms with E-state index in [4.69, 9.17) is 0 Å². The highest BCUT2D eigenvalue weighted by Gasteiger charge is 2.51. The molecule has 2 rings (SSSR count). The van der Waals surface area contributed by atoms with Crippen LogP contribution in [0.3, 0.4) is 0 Å². The lowest BCUT2D eigenvalue weighted by Gasteiger charge is -2.32. The Morgan fingerprint density at radius 1 is 1.50 bits per heavy atom. The van der Waals surface area contributed by atoms with Gasteiger partial charge in [-0.05, 0) is 25.8 Å². The molecule has 1 N–H and O–H groups in total. The van der Waals surface area contributed by atoms with E-state index in [1.165, 1.54) is 0 Å². The van der Waals surface area contributed by atoms with Crippen molar-refractivity contribution in [2.45, 2.75) is 25.2 Å². The highest BCUT2D eigenvalue weighted by atomic mass is 19.3. The van der Waals surface area contributed by atoms with Gasteiger partial charge in [-0.15, -0.1) is 0 Å². The Morgan fingerprint density at radius 2 is 2.25 bits per heavy atom. The molecule has 2 atom stereocenters. The number of amides is 1. The van der Waals surface area contributed by atoms with Gasteiger partial charge >= 0.3 is 0 Å². The number of likely N-dealkylation sites (N-methyl/N-ethyl adjacent to an activating group) is 1. The van der Waals surface area contributed by atoms with Gasteiger partial charge in [-0.1, -0.05) is 0 Å². The standard InChI is InChI=1S/C11H18F2N2O/c1-14-5-10(16)15-6-8-3-2-4-11(12,13)9(8)7-15/h8-9,14H,2-7H2,1H3/t8-,9+/m1/s1. The largest absolute Gasteiger partial charge is 0.341 e. The molecule has 1 saturated carbocycles. The number of hydrogen-bond donors (Lipinski definition) is 1. The Kier molecular flexibility index (Phi) is 3.15. The number of carbonyl (C=O) groups excluding carboxylic acids is 1. The number of nitrogens with zero attached hydrogens (tertiary/aromatic N) is 1. The molecule has 0 aromatic rings. The van der Waals surface area contributed by atoms with E-state index in [1.54, 1.807) is 11.9 Å². The van der Waals surface area contributed by atoms with E-state index in [0.717, 1.165) is 6.42 Å². The molecule has 1 saturated heterocycles. The summed E-state index contributed by atoms with van der Waals surface area (Å²) < 4.78 is 27.3. The topological polar surface area (TPSA) is 32.3 Å². The fourth-order valence-electron chi connectivity index (χ4n) is 2.89. The van der Waals surface area contributed by atoms with Crippen molar-refractivity contribution in [1.29, 1.82) is 0 Å². The Balaban J connectivity index is 2.02. The number of hydrogen-bond acceptors (Lipinski definition) is 2. The number of halogens is 2. The lowest BCUT2D eigenvalue weighted by molar-refractivity contribution is -0.130. The van der Waals surface area contributed by atoms with E-state index in [0.29, 0.717) is 13.0 Å². The van der Waals surface area contributed by atoms with Crippen LogP contribution in [-0.2, 0) is 4.79 Å². The summed E-state index contributed by atoms with van der Waals surface area (Å²) in [7, 11) is 1.69. The van der Waals surface area contributed by atoms with Crippen molar-refractivity contribution in [2.24, 2.45) is 11.8 Å². The Hall–Kier alpha value is -0.710. The quantitative estimate of drug-likeness (QED) is 0.773. The molecule has 0 aromatic heterocycles. The predicted molar refractivity (Wildman–Crippen MR) is 56.3 cm³/mol. The first-order chi connectivity index (χ1) is 7.54. The van der Waals surface area contributed by atoms with Gasteiger partial charge in [-0.25, -0.2) is 8.78 Å². The summed E-state index contributed by atoms with van der Waals surface area (Å²) in [6, 6.07) is 0. The number of alkyl halides is 2. The molecular weight excluding hydrogens is 214 g/mol. The molecule has 2 fully saturated rings. The second-order valence-corrected chi connectivity index (χ2v) is 4.85. The minimum absolute atomic E-state index is 0.00422. The SMILES string of the molecule is CNCC(=O)N1C[C@H]2CCCC(F)(F)[C@H]2C1. The van der Waals surface area contributed by atoms with Gasteiger partial charge in [-0.2, -0.15) is 0 Å². The molecule has 1 amide bonds. The molecule has 1 heterocycles. The number of carbonyl (C=O) groups is 1. The van der Waals surface area contributed by atoms with E-state index in [2.05, 4.69) is 5.32 Å². The molecule has 3 nitrogen and oxygen atoms in total. The summed E-state index contributed by atoms with van der Waals surface area (Å²) in [6.07, 6.45) is 1.41. The zero-order valence-corrected chi connectivity index (χ0v) is 9.51. The van der Waals surface area contributed by atoms with Crippen LogP contribution in [-0.4, -0.2) is 43.4 Å². The van der Waals surface area contributed by atoms with Gasteiger partial charge in [0.2, 0.25) is 5.91 Å². The van der Waals surface area contributed by atoms with Crippen molar-refractivity contribution < 1.29 is 13.6 Å². The highest BCUT2D eigenvalue weighted by Crippen LogP contribution is 2.45. The average Bonchev–Trinajstić information content (AvgIpc) is 2.63. The van der Waals surface area contributed by atoms with Crippen LogP contribution in [0.25, 0.3) is 0 Å². The lowest BCUT2D eigenvalue weighted by Crippen LogP contribution is -2.39. The van der Waals surface area contributed by atoms with Gasteiger partial charge in [0.15, 0.2) is 0 Å². The second-order valence-electron chi connectivity index (χ2n) is 4.85. The summed E-state index contributed by atoms with van der Waals surface area (Å²) in [5, 5.41) is 2.77. The highest BCUT2D eigenvalue weighted by molar-refractivity contribution is 5.78. The van der Waals surface area contributed by atoms with E-state index in [1.807, 2.05) is 0 Å². The molecule has 0 unspecified atom stereocenters. The Morgan fingerprint density at radius 3 is 2.88 bits per heavy atom. The van der Waals surface area contributed by atoms with E-state index < -0.39 is 11.8 Å². The number of likely N-dealkylation sites (tertiary alicyclic amines) is 1. The molecule has 5 heteroatoms. The first-order valence-electron chi connectivity index (χ1n) is 5.85. The smallest absolute Gasteiger partial charge is 0.252 e. The molecule has 1 aliphatic heterocycles. The van der Waals surface area contributed by atoms with E-state index in [-0.39, 0.29) is 31.3 Å². The number of rotatable bonds is 2. The molecule has 0 aromatic carbocycles. The van der Waals surface area contributed by atoms with Crippen molar-refractivity contribution in [3.8, 4) is 0 Å². The molecule has 2 aliphatic rings. The van der Waals surface area contributed by atoms with Crippen molar-refractivity contribution >= 4 is 5.91 Å². The first kappa shape index (κ1) is 11.8. The zero-order chi connectivity index (χ0) is 11.8. The zero-order valence-electron chi connectivity index (χ0n) is 9.51. The van der Waals surface area contributed by atoms with Crippen molar-refractivity contribution in [3.05, 3.63) is 0 Å². The van der Waals surface area contributed by atoms with Gasteiger partial charge < -0.3 is 10.2 Å². The maximum Gasteiger partial charge on any atom is 0.252 e. The minimum Gasteiger partial charge on any atom is -0.341 e. The normalized spacial score (nSPS) is 32.6. The average molecular weight is 232 g/mol. The Labute approximate surface area is 94.2 Å². The maximum atomic E-state index is 13.6. The third-order valence-electron chi connectivity index (χ3n) is 3.75. The molecule has 1 aliphatic carbocycles. The summed E-state index contributed by atoms with van der Waals surface area (Å²) in [5.41, 5.74) is 0. The predicted octanol–water partition coefficient (Wildman–Crippen LogP) is 1.10. The molecular formula is C11H18F2N2O. The van der Waals surface area contributed by atoms with Crippen molar-refractivity contribution in [2.75, 3.05) is 26.7 Å². The van der Waals surface area contributed by atoms with Gasteiger partial charge in [0, 0.05) is 25.4 Å². The molecule has 0 bridgehead atoms. The summed E-state index contributed by atoms with van der Waals surface area (Å²) in [4.78, 5) is 13.2. The monoisotopic (exact) mass is 232 g/mol. The van der Waals surface area contributed by atoms with Crippen LogP contribution in [0.5, 0.6) is 0 Å². The number of nitrogens with one attached hydrogen (secondary N) is 1. The first-order valence-corrected chi connectivity index (χ1v) is 5.85. The number of fused-ring (bicyclic) bond motifs is 1. The van der Waals surface area contributed by atoms with Crippen molar-refractivity contribution in [3.63, 3.8) is 0 Å². The van der Waals surface area contributed by atoms with Gasteiger partial charge in [-0.3, -0.25) is 4.79 Å².